The number of rotatable bonds is 3. The maximum Gasteiger partial charge on any atom is 0.159 e. The summed E-state index contributed by atoms with van der Waals surface area (Å²) in [6.45, 7) is 2.10. The van der Waals surface area contributed by atoms with Gasteiger partial charge in [0.25, 0.3) is 0 Å². The van der Waals surface area contributed by atoms with Crippen molar-refractivity contribution in [1.29, 1.82) is 0 Å². The fourth-order valence-corrected chi connectivity index (χ4v) is 4.45. The zero-order chi connectivity index (χ0) is 20.1. The number of thiophene rings is 1. The van der Waals surface area contributed by atoms with Gasteiger partial charge >= 0.3 is 0 Å². The molecule has 0 atom stereocenters. The van der Waals surface area contributed by atoms with Crippen molar-refractivity contribution in [2.24, 2.45) is 0 Å². The van der Waals surface area contributed by atoms with Gasteiger partial charge in [-0.1, -0.05) is 0 Å². The Balaban J connectivity index is 1.52. The molecule has 144 valence electrons. The van der Waals surface area contributed by atoms with Crippen molar-refractivity contribution in [2.75, 3.05) is 0 Å². The summed E-state index contributed by atoms with van der Waals surface area (Å²) in [7, 11) is 0. The van der Waals surface area contributed by atoms with E-state index in [1.165, 1.54) is 4.88 Å². The number of hydrogen-bond acceptors (Lipinski definition) is 6. The van der Waals surface area contributed by atoms with E-state index < -0.39 is 0 Å². The fraction of sp³-hybridized carbons (Fsp3) is 0.0455. The standard InChI is InChI=1S/C22H15N7S/c1-12-4-5-19(30-12)15-9-24-10-18-20(15)27-22(26-18)21-14-7-16(13-3-2-6-23-8-13)25-11-17(14)28-29-21/h2-11H,1H3,(H,26,27)(H,28,29). The summed E-state index contributed by atoms with van der Waals surface area (Å²) < 4.78 is 0. The molecule has 0 radical (unpaired) electrons. The number of imidazole rings is 1. The molecule has 6 rings (SSSR count). The fourth-order valence-electron chi connectivity index (χ4n) is 3.57. The van der Waals surface area contributed by atoms with Crippen LogP contribution in [0.1, 0.15) is 4.88 Å². The highest BCUT2D eigenvalue weighted by Crippen LogP contribution is 2.34. The van der Waals surface area contributed by atoms with E-state index in [4.69, 9.17) is 4.98 Å². The molecule has 0 aromatic carbocycles. The van der Waals surface area contributed by atoms with Crippen molar-refractivity contribution < 1.29 is 0 Å². The molecule has 0 saturated heterocycles. The molecule has 0 saturated carbocycles. The lowest BCUT2D eigenvalue weighted by atomic mass is 10.1. The second-order valence-corrected chi connectivity index (χ2v) is 8.30. The highest BCUT2D eigenvalue weighted by Gasteiger charge is 2.17. The zero-order valence-electron chi connectivity index (χ0n) is 15.9. The normalized spacial score (nSPS) is 11.5. The predicted octanol–water partition coefficient (Wildman–Crippen LogP) is 5.00. The first kappa shape index (κ1) is 17.0. The van der Waals surface area contributed by atoms with Crippen molar-refractivity contribution >= 4 is 33.3 Å². The highest BCUT2D eigenvalue weighted by atomic mass is 32.1. The Kier molecular flexibility index (Phi) is 3.72. The molecule has 0 unspecified atom stereocenters. The van der Waals surface area contributed by atoms with Crippen LogP contribution < -0.4 is 0 Å². The summed E-state index contributed by atoms with van der Waals surface area (Å²) in [4.78, 5) is 23.8. The van der Waals surface area contributed by atoms with Crippen molar-refractivity contribution in [3.63, 3.8) is 0 Å². The number of nitrogens with zero attached hydrogens (tertiary/aromatic N) is 5. The van der Waals surface area contributed by atoms with Gasteiger partial charge in [-0.25, -0.2) is 4.98 Å². The van der Waals surface area contributed by atoms with Crippen LogP contribution in [-0.4, -0.2) is 35.1 Å². The zero-order valence-corrected chi connectivity index (χ0v) is 16.7. The molecule has 0 aliphatic rings. The molecule has 0 fully saturated rings. The van der Waals surface area contributed by atoms with E-state index in [2.05, 4.69) is 49.2 Å². The second-order valence-electron chi connectivity index (χ2n) is 7.01. The Hall–Kier alpha value is -3.91. The smallest absolute Gasteiger partial charge is 0.159 e. The first-order valence-electron chi connectivity index (χ1n) is 9.42. The Morgan fingerprint density at radius 3 is 2.77 bits per heavy atom. The average molecular weight is 409 g/mol. The molecule has 0 spiro atoms. The van der Waals surface area contributed by atoms with E-state index in [0.717, 1.165) is 49.3 Å². The molecule has 6 heterocycles. The van der Waals surface area contributed by atoms with E-state index in [1.807, 2.05) is 24.4 Å². The Morgan fingerprint density at radius 1 is 0.967 bits per heavy atom. The molecule has 0 aliphatic carbocycles. The van der Waals surface area contributed by atoms with Gasteiger partial charge in [-0.2, -0.15) is 5.10 Å². The van der Waals surface area contributed by atoms with Crippen LogP contribution in [0.25, 0.3) is 55.2 Å². The Labute approximate surface area is 174 Å². The van der Waals surface area contributed by atoms with Gasteiger partial charge < -0.3 is 4.98 Å². The summed E-state index contributed by atoms with van der Waals surface area (Å²) in [5.41, 5.74) is 6.19. The quantitative estimate of drug-likeness (QED) is 0.429. The topological polar surface area (TPSA) is 96.0 Å². The van der Waals surface area contributed by atoms with E-state index in [0.29, 0.717) is 5.82 Å². The van der Waals surface area contributed by atoms with Crippen LogP contribution in [0.3, 0.4) is 0 Å². The van der Waals surface area contributed by atoms with Gasteiger partial charge in [-0.05, 0) is 37.3 Å². The van der Waals surface area contributed by atoms with E-state index in [1.54, 1.807) is 36.1 Å². The number of pyridine rings is 3. The van der Waals surface area contributed by atoms with Gasteiger partial charge in [0, 0.05) is 44.9 Å². The van der Waals surface area contributed by atoms with E-state index in [-0.39, 0.29) is 0 Å². The molecule has 0 aliphatic heterocycles. The molecule has 6 aromatic heterocycles. The first-order valence-corrected chi connectivity index (χ1v) is 10.2. The van der Waals surface area contributed by atoms with Crippen LogP contribution in [0.15, 0.2) is 61.3 Å². The van der Waals surface area contributed by atoms with Crippen LogP contribution >= 0.6 is 11.3 Å². The summed E-state index contributed by atoms with van der Waals surface area (Å²) in [6.07, 6.45) is 9.01. The SMILES string of the molecule is Cc1ccc(-c2cncc3[nH]c(-c4n[nH]c5cnc(-c6cccnc6)cc45)nc23)s1. The maximum absolute atomic E-state index is 4.89. The minimum Gasteiger partial charge on any atom is -0.335 e. The van der Waals surface area contributed by atoms with Crippen LogP contribution in [0.4, 0.5) is 0 Å². The third-order valence-electron chi connectivity index (χ3n) is 5.03. The van der Waals surface area contributed by atoms with Gasteiger partial charge in [-0.3, -0.25) is 20.1 Å². The third-order valence-corrected chi connectivity index (χ3v) is 6.06. The summed E-state index contributed by atoms with van der Waals surface area (Å²) >= 11 is 1.73. The lowest BCUT2D eigenvalue weighted by Gasteiger charge is -2.00. The minimum atomic E-state index is 0.696. The number of aryl methyl sites for hydroxylation is 1. The summed E-state index contributed by atoms with van der Waals surface area (Å²) in [6, 6.07) is 10.1. The molecule has 0 bridgehead atoms. The number of H-pyrrole nitrogens is 2. The molecule has 7 nitrogen and oxygen atoms in total. The van der Waals surface area contributed by atoms with Gasteiger partial charge in [0.05, 0.1) is 29.1 Å². The molecular formula is C22H15N7S. The van der Waals surface area contributed by atoms with Gasteiger partial charge in [-0.15, -0.1) is 11.3 Å². The van der Waals surface area contributed by atoms with Gasteiger partial charge in [0.15, 0.2) is 5.82 Å². The van der Waals surface area contributed by atoms with Crippen molar-refractivity contribution in [3.05, 3.63) is 66.2 Å². The van der Waals surface area contributed by atoms with E-state index in [9.17, 15) is 0 Å². The first-order chi connectivity index (χ1) is 14.8. The van der Waals surface area contributed by atoms with Crippen LogP contribution in [-0.2, 0) is 0 Å². The lowest BCUT2D eigenvalue weighted by Crippen LogP contribution is -1.85. The largest absolute Gasteiger partial charge is 0.335 e. The molecular weight excluding hydrogens is 394 g/mol. The Bertz CT molecular complexity index is 1510. The predicted molar refractivity (Wildman–Crippen MR) is 118 cm³/mol. The molecule has 0 amide bonds. The number of aromatic nitrogens is 7. The molecule has 30 heavy (non-hydrogen) atoms. The summed E-state index contributed by atoms with van der Waals surface area (Å²) in [5.74, 6) is 0.696. The van der Waals surface area contributed by atoms with Crippen molar-refractivity contribution in [3.8, 4) is 33.2 Å². The van der Waals surface area contributed by atoms with E-state index >= 15 is 0 Å². The monoisotopic (exact) mass is 409 g/mol. The summed E-state index contributed by atoms with van der Waals surface area (Å²) in [5, 5.41) is 8.52. The highest BCUT2D eigenvalue weighted by molar-refractivity contribution is 7.15. The van der Waals surface area contributed by atoms with Crippen LogP contribution in [0.5, 0.6) is 0 Å². The van der Waals surface area contributed by atoms with Crippen molar-refractivity contribution in [2.45, 2.75) is 6.92 Å². The average Bonchev–Trinajstić information content (AvgIpc) is 3.51. The number of aromatic amines is 2. The van der Waals surface area contributed by atoms with Crippen molar-refractivity contribution in [1.82, 2.24) is 35.1 Å². The van der Waals surface area contributed by atoms with Gasteiger partial charge in [0.2, 0.25) is 0 Å². The second kappa shape index (κ2) is 6.57. The number of fused-ring (bicyclic) bond motifs is 2. The molecule has 8 heteroatoms. The molecule has 2 N–H and O–H groups in total. The molecule has 6 aromatic rings. The Morgan fingerprint density at radius 2 is 1.93 bits per heavy atom. The number of nitrogens with one attached hydrogen (secondary N) is 2. The van der Waals surface area contributed by atoms with Crippen LogP contribution in [0.2, 0.25) is 0 Å². The maximum atomic E-state index is 4.89. The lowest BCUT2D eigenvalue weighted by molar-refractivity contribution is 1.10. The van der Waals surface area contributed by atoms with Gasteiger partial charge in [0.1, 0.15) is 11.2 Å². The van der Waals surface area contributed by atoms with Crippen LogP contribution in [0, 0.1) is 6.92 Å². The third kappa shape index (κ3) is 2.69. The number of hydrogen-bond donors (Lipinski definition) is 2. The minimum absolute atomic E-state index is 0.696.